The van der Waals surface area contributed by atoms with Gasteiger partial charge in [0, 0.05) is 0 Å². The Morgan fingerprint density at radius 3 is 2.50 bits per heavy atom. The number of terminal acetylenes is 1. The summed E-state index contributed by atoms with van der Waals surface area (Å²) in [6.07, 6.45) is 5.24. The molecule has 1 aromatic carbocycles. The molecule has 0 radical (unpaired) electrons. The van der Waals surface area contributed by atoms with E-state index in [0.717, 1.165) is 13.2 Å². The van der Waals surface area contributed by atoms with Crippen molar-refractivity contribution in [2.75, 3.05) is 12.4 Å². The molecule has 0 atom stereocenters. The number of anilines is 1. The van der Waals surface area contributed by atoms with Gasteiger partial charge in [-0.05, 0) is 26.0 Å². The van der Waals surface area contributed by atoms with E-state index in [2.05, 4.69) is 16.0 Å². The molecule has 0 saturated carbocycles. The molecule has 0 aliphatic rings. The third-order valence-corrected chi connectivity index (χ3v) is 2.30. The first-order chi connectivity index (χ1) is 8.32. The molecule has 0 bridgehead atoms. The molecule has 18 heavy (non-hydrogen) atoms. The van der Waals surface area contributed by atoms with Gasteiger partial charge < -0.3 is 10.1 Å². The molecule has 1 N–H and O–H groups in total. The maximum Gasteiger partial charge on any atom is 0.340 e. The minimum atomic E-state index is -1.26. The van der Waals surface area contributed by atoms with Crippen molar-refractivity contribution in [1.82, 2.24) is 0 Å². The summed E-state index contributed by atoms with van der Waals surface area (Å²) in [7, 11) is 1.09. The summed E-state index contributed by atoms with van der Waals surface area (Å²) in [5.74, 6) is -0.973. The largest absolute Gasteiger partial charge is 0.465 e. The number of nitrogens with one attached hydrogen (secondary N) is 1. The number of halogens is 2. The lowest BCUT2D eigenvalue weighted by Gasteiger charge is -2.21. The summed E-state index contributed by atoms with van der Waals surface area (Å²) >= 11 is 0. The van der Waals surface area contributed by atoms with Gasteiger partial charge in [-0.15, -0.1) is 6.42 Å². The second-order valence-corrected chi connectivity index (χ2v) is 4.17. The van der Waals surface area contributed by atoms with Crippen LogP contribution < -0.4 is 5.32 Å². The van der Waals surface area contributed by atoms with Gasteiger partial charge in [0.1, 0.15) is 0 Å². The van der Waals surface area contributed by atoms with E-state index >= 15 is 0 Å². The average Bonchev–Trinajstić information content (AvgIpc) is 2.34. The monoisotopic (exact) mass is 253 g/mol. The van der Waals surface area contributed by atoms with Crippen LogP contribution in [0.25, 0.3) is 0 Å². The van der Waals surface area contributed by atoms with Gasteiger partial charge in [-0.3, -0.25) is 0 Å². The molecule has 0 spiro atoms. The van der Waals surface area contributed by atoms with Crippen molar-refractivity contribution in [2.24, 2.45) is 0 Å². The van der Waals surface area contributed by atoms with E-state index in [-0.39, 0.29) is 5.69 Å². The lowest BCUT2D eigenvalue weighted by Crippen LogP contribution is -2.29. The number of carbonyl (C=O) groups excluding carboxylic acids is 1. The van der Waals surface area contributed by atoms with Gasteiger partial charge in [-0.2, -0.15) is 0 Å². The Kier molecular flexibility index (Phi) is 3.92. The van der Waals surface area contributed by atoms with E-state index in [1.54, 1.807) is 13.8 Å². The third-order valence-electron chi connectivity index (χ3n) is 2.30. The van der Waals surface area contributed by atoms with Gasteiger partial charge in [0.2, 0.25) is 0 Å². The van der Waals surface area contributed by atoms with E-state index in [4.69, 9.17) is 6.42 Å². The Balaban J connectivity index is 3.17. The molecular formula is C13H13F2NO2. The molecule has 0 fully saturated rings. The predicted octanol–water partition coefficient (Wildman–Crippen LogP) is 2.58. The molecule has 0 saturated heterocycles. The minimum absolute atomic E-state index is 0.108. The molecule has 0 unspecified atom stereocenters. The maximum absolute atomic E-state index is 13.7. The highest BCUT2D eigenvalue weighted by Gasteiger charge is 2.22. The zero-order valence-corrected chi connectivity index (χ0v) is 10.3. The first-order valence-corrected chi connectivity index (χ1v) is 5.14. The molecule has 1 aromatic rings. The zero-order valence-electron chi connectivity index (χ0n) is 10.3. The van der Waals surface area contributed by atoms with Crippen LogP contribution >= 0.6 is 0 Å². The van der Waals surface area contributed by atoms with Crippen LogP contribution in [-0.2, 0) is 4.74 Å². The number of hydrogen-bond acceptors (Lipinski definition) is 3. The molecule has 5 heteroatoms. The average molecular weight is 253 g/mol. The van der Waals surface area contributed by atoms with Crippen LogP contribution in [0.3, 0.4) is 0 Å². The highest BCUT2D eigenvalue weighted by atomic mass is 19.2. The fourth-order valence-corrected chi connectivity index (χ4v) is 1.29. The topological polar surface area (TPSA) is 38.3 Å². The van der Waals surface area contributed by atoms with Gasteiger partial charge in [0.25, 0.3) is 0 Å². The number of benzene rings is 1. The summed E-state index contributed by atoms with van der Waals surface area (Å²) in [4.78, 5) is 11.2. The summed E-state index contributed by atoms with van der Waals surface area (Å²) < 4.78 is 31.7. The molecule has 1 rings (SSSR count). The van der Waals surface area contributed by atoms with Crippen LogP contribution in [0.5, 0.6) is 0 Å². The highest BCUT2D eigenvalue weighted by molar-refractivity contribution is 5.90. The number of rotatable bonds is 3. The summed E-state index contributed by atoms with van der Waals surface area (Å²) in [5, 5.41) is 2.66. The van der Waals surface area contributed by atoms with Crippen LogP contribution in [0.15, 0.2) is 12.1 Å². The number of hydrogen-bond donors (Lipinski definition) is 1. The van der Waals surface area contributed by atoms with Gasteiger partial charge in [-0.25, -0.2) is 13.6 Å². The van der Waals surface area contributed by atoms with Crippen molar-refractivity contribution in [1.29, 1.82) is 0 Å². The fraction of sp³-hybridized carbons (Fsp3) is 0.308. The van der Waals surface area contributed by atoms with E-state index in [1.807, 2.05) is 0 Å². The van der Waals surface area contributed by atoms with E-state index in [0.29, 0.717) is 0 Å². The quantitative estimate of drug-likeness (QED) is 0.664. The van der Waals surface area contributed by atoms with Gasteiger partial charge >= 0.3 is 5.97 Å². The Hall–Kier alpha value is -2.09. The third kappa shape index (κ3) is 2.77. The van der Waals surface area contributed by atoms with Crippen molar-refractivity contribution in [3.8, 4) is 12.3 Å². The molecule has 0 aliphatic carbocycles. The second kappa shape index (κ2) is 5.05. The normalized spacial score (nSPS) is 10.7. The summed E-state index contributed by atoms with van der Waals surface area (Å²) in [5.41, 5.74) is -1.40. The molecule has 0 aromatic heterocycles. The molecule has 96 valence electrons. The fourth-order valence-electron chi connectivity index (χ4n) is 1.29. The van der Waals surface area contributed by atoms with Gasteiger partial charge in [0.15, 0.2) is 11.6 Å². The van der Waals surface area contributed by atoms with E-state index < -0.39 is 28.7 Å². The molecule has 0 amide bonds. The number of methoxy groups -OCH3 is 1. The molecule has 3 nitrogen and oxygen atoms in total. The van der Waals surface area contributed by atoms with Crippen molar-refractivity contribution in [3.63, 3.8) is 0 Å². The minimum Gasteiger partial charge on any atom is -0.465 e. The zero-order chi connectivity index (χ0) is 13.9. The van der Waals surface area contributed by atoms with Gasteiger partial charge in [0.05, 0.1) is 23.9 Å². The number of esters is 1. The van der Waals surface area contributed by atoms with Crippen molar-refractivity contribution in [2.45, 2.75) is 19.4 Å². The van der Waals surface area contributed by atoms with Crippen molar-refractivity contribution in [3.05, 3.63) is 29.3 Å². The van der Waals surface area contributed by atoms with Crippen LogP contribution in [0, 0.1) is 24.0 Å². The van der Waals surface area contributed by atoms with Crippen LogP contribution in [0.2, 0.25) is 0 Å². The van der Waals surface area contributed by atoms with E-state index in [9.17, 15) is 13.6 Å². The van der Waals surface area contributed by atoms with Crippen molar-refractivity contribution < 1.29 is 18.3 Å². The first kappa shape index (κ1) is 14.0. The SMILES string of the molecule is C#CC(C)(C)Nc1ccc(C(=O)OC)c(F)c1F. The maximum atomic E-state index is 13.7. The molecule has 0 aliphatic heterocycles. The Morgan fingerprint density at radius 1 is 1.39 bits per heavy atom. The van der Waals surface area contributed by atoms with E-state index in [1.165, 1.54) is 6.07 Å². The number of ether oxygens (including phenoxy) is 1. The Bertz CT molecular complexity index is 518. The lowest BCUT2D eigenvalue weighted by atomic mass is 10.1. The smallest absolute Gasteiger partial charge is 0.340 e. The number of carbonyl (C=O) groups is 1. The standard InChI is InChI=1S/C13H13F2NO2/c1-5-13(2,3)16-9-7-6-8(12(17)18-4)10(14)11(9)15/h1,6-7,16H,2-4H3. The van der Waals surface area contributed by atoms with Crippen LogP contribution in [0.1, 0.15) is 24.2 Å². The Morgan fingerprint density at radius 2 is 2.00 bits per heavy atom. The summed E-state index contributed by atoms with van der Waals surface area (Å²) in [6, 6.07) is 2.38. The first-order valence-electron chi connectivity index (χ1n) is 5.14. The van der Waals surface area contributed by atoms with Crippen molar-refractivity contribution >= 4 is 11.7 Å². The lowest BCUT2D eigenvalue weighted by molar-refractivity contribution is 0.0594. The van der Waals surface area contributed by atoms with Crippen LogP contribution in [-0.4, -0.2) is 18.6 Å². The second-order valence-electron chi connectivity index (χ2n) is 4.17. The van der Waals surface area contributed by atoms with Crippen LogP contribution in [0.4, 0.5) is 14.5 Å². The predicted molar refractivity (Wildman–Crippen MR) is 64.2 cm³/mol. The Labute approximate surface area is 104 Å². The molecule has 0 heterocycles. The summed E-state index contributed by atoms with van der Waals surface area (Å²) in [6.45, 7) is 3.27. The highest BCUT2D eigenvalue weighted by Crippen LogP contribution is 2.23. The van der Waals surface area contributed by atoms with Gasteiger partial charge in [-0.1, -0.05) is 5.92 Å². The molecular weight excluding hydrogens is 240 g/mol.